The lowest BCUT2D eigenvalue weighted by atomic mass is 10.1. The molecule has 1 fully saturated rings. The number of hydrogen-bond donors (Lipinski definition) is 0. The van der Waals surface area contributed by atoms with Crippen LogP contribution in [0.2, 0.25) is 0 Å². The van der Waals surface area contributed by atoms with Crippen LogP contribution >= 0.6 is 0 Å². The van der Waals surface area contributed by atoms with E-state index in [9.17, 15) is 27.6 Å². The van der Waals surface area contributed by atoms with Crippen LogP contribution in [-0.4, -0.2) is 78.6 Å². The molecular weight excluding hydrogens is 448 g/mol. The van der Waals surface area contributed by atoms with E-state index in [4.69, 9.17) is 4.74 Å². The normalized spacial score (nSPS) is 20.2. The number of sulfone groups is 1. The molecule has 2 aliphatic rings. The maximum absolute atomic E-state index is 12.8. The summed E-state index contributed by atoms with van der Waals surface area (Å²) in [6.45, 7) is 7.77. The summed E-state index contributed by atoms with van der Waals surface area (Å²) in [7, 11) is -3.17. The maximum Gasteiger partial charge on any atom is 0.338 e. The molecule has 0 N–H and O–H groups in total. The molecule has 3 rings (SSSR count). The van der Waals surface area contributed by atoms with E-state index in [1.807, 2.05) is 13.8 Å². The molecule has 0 spiro atoms. The van der Waals surface area contributed by atoms with E-state index in [-0.39, 0.29) is 34.1 Å². The Balaban J connectivity index is 1.69. The number of benzene rings is 1. The van der Waals surface area contributed by atoms with Gasteiger partial charge in [0.25, 0.3) is 17.7 Å². The fourth-order valence-electron chi connectivity index (χ4n) is 4.14. The van der Waals surface area contributed by atoms with E-state index >= 15 is 0 Å². The zero-order valence-corrected chi connectivity index (χ0v) is 20.2. The van der Waals surface area contributed by atoms with Crippen molar-refractivity contribution in [1.82, 2.24) is 9.80 Å². The van der Waals surface area contributed by atoms with Crippen LogP contribution in [0, 0.1) is 5.92 Å². The van der Waals surface area contributed by atoms with E-state index in [1.54, 1.807) is 6.92 Å². The van der Waals surface area contributed by atoms with E-state index in [0.717, 1.165) is 0 Å². The molecule has 33 heavy (non-hydrogen) atoms. The third kappa shape index (κ3) is 5.26. The van der Waals surface area contributed by atoms with Crippen molar-refractivity contribution in [2.45, 2.75) is 52.7 Å². The number of esters is 1. The summed E-state index contributed by atoms with van der Waals surface area (Å²) in [5.41, 5.74) is 0.444. The van der Waals surface area contributed by atoms with Crippen LogP contribution in [0.15, 0.2) is 18.2 Å². The Labute approximate surface area is 194 Å². The molecule has 0 saturated carbocycles. The molecule has 3 amide bonds. The van der Waals surface area contributed by atoms with Crippen molar-refractivity contribution in [3.05, 3.63) is 34.9 Å². The largest absolute Gasteiger partial charge is 0.449 e. The summed E-state index contributed by atoms with van der Waals surface area (Å²) in [5, 5.41) is 0. The SMILES string of the molecule is CCN(C(=O)[C@H](C)OC(=O)c1ccc2c(c1)C(=O)N(CCC(C)C)C2=O)[C@@H]1CCS(=O)(=O)C1. The number of rotatable bonds is 8. The molecule has 1 saturated heterocycles. The first-order valence-corrected chi connectivity index (χ1v) is 13.0. The summed E-state index contributed by atoms with van der Waals surface area (Å²) in [5.74, 6) is -1.84. The lowest BCUT2D eigenvalue weighted by molar-refractivity contribution is -0.141. The first-order chi connectivity index (χ1) is 15.4. The second-order valence-electron chi connectivity index (χ2n) is 8.93. The van der Waals surface area contributed by atoms with Crippen LogP contribution < -0.4 is 0 Å². The first kappa shape index (κ1) is 24.9. The molecule has 0 bridgehead atoms. The highest BCUT2D eigenvalue weighted by molar-refractivity contribution is 7.91. The van der Waals surface area contributed by atoms with Gasteiger partial charge in [0.2, 0.25) is 0 Å². The number of hydrogen-bond acceptors (Lipinski definition) is 7. The molecule has 0 aromatic heterocycles. The molecule has 2 heterocycles. The van der Waals surface area contributed by atoms with Gasteiger partial charge in [0, 0.05) is 19.1 Å². The molecule has 9 nitrogen and oxygen atoms in total. The summed E-state index contributed by atoms with van der Waals surface area (Å²) in [6, 6.07) is 3.71. The van der Waals surface area contributed by atoms with Gasteiger partial charge < -0.3 is 9.64 Å². The van der Waals surface area contributed by atoms with Gasteiger partial charge in [-0.25, -0.2) is 13.2 Å². The first-order valence-electron chi connectivity index (χ1n) is 11.2. The van der Waals surface area contributed by atoms with Crippen LogP contribution in [0.4, 0.5) is 0 Å². The highest BCUT2D eigenvalue weighted by atomic mass is 32.2. The van der Waals surface area contributed by atoms with E-state index in [0.29, 0.717) is 31.8 Å². The fraction of sp³-hybridized carbons (Fsp3) is 0.565. The lowest BCUT2D eigenvalue weighted by Gasteiger charge is -2.29. The minimum absolute atomic E-state index is 0.0334. The number of carbonyl (C=O) groups is 4. The molecule has 1 aromatic rings. The van der Waals surface area contributed by atoms with Gasteiger partial charge in [0.1, 0.15) is 0 Å². The number of ether oxygens (including phenoxy) is 1. The van der Waals surface area contributed by atoms with Gasteiger partial charge in [-0.05, 0) is 50.8 Å². The predicted octanol–water partition coefficient (Wildman–Crippen LogP) is 1.91. The topological polar surface area (TPSA) is 118 Å². The third-order valence-corrected chi connectivity index (χ3v) is 7.79. The second-order valence-corrected chi connectivity index (χ2v) is 11.2. The van der Waals surface area contributed by atoms with Gasteiger partial charge >= 0.3 is 5.97 Å². The van der Waals surface area contributed by atoms with Crippen molar-refractivity contribution in [3.8, 4) is 0 Å². The van der Waals surface area contributed by atoms with Crippen LogP contribution in [0.5, 0.6) is 0 Å². The molecule has 2 aliphatic heterocycles. The fourth-order valence-corrected chi connectivity index (χ4v) is 5.87. The zero-order chi connectivity index (χ0) is 24.5. The van der Waals surface area contributed by atoms with E-state index < -0.39 is 39.8 Å². The van der Waals surface area contributed by atoms with Gasteiger partial charge in [-0.1, -0.05) is 13.8 Å². The monoisotopic (exact) mass is 478 g/mol. The van der Waals surface area contributed by atoms with Crippen molar-refractivity contribution in [2.24, 2.45) is 5.92 Å². The summed E-state index contributed by atoms with van der Waals surface area (Å²) < 4.78 is 28.9. The summed E-state index contributed by atoms with van der Waals surface area (Å²) in [6.07, 6.45) is -0.0959. The van der Waals surface area contributed by atoms with Crippen molar-refractivity contribution in [2.75, 3.05) is 24.6 Å². The highest BCUT2D eigenvalue weighted by Gasteiger charge is 2.38. The number of fused-ring (bicyclic) bond motifs is 1. The van der Waals surface area contributed by atoms with Crippen molar-refractivity contribution < 1.29 is 32.3 Å². The average Bonchev–Trinajstić information content (AvgIpc) is 3.23. The number of amides is 3. The molecule has 180 valence electrons. The predicted molar refractivity (Wildman–Crippen MR) is 121 cm³/mol. The van der Waals surface area contributed by atoms with Crippen LogP contribution in [0.1, 0.15) is 71.6 Å². The Morgan fingerprint density at radius 1 is 1.15 bits per heavy atom. The number of nitrogens with zero attached hydrogens (tertiary/aromatic N) is 2. The summed E-state index contributed by atoms with van der Waals surface area (Å²) in [4.78, 5) is 53.4. The van der Waals surface area contributed by atoms with Gasteiger partial charge in [-0.2, -0.15) is 0 Å². The third-order valence-electron chi connectivity index (χ3n) is 6.04. The summed E-state index contributed by atoms with van der Waals surface area (Å²) >= 11 is 0. The maximum atomic E-state index is 12.8. The Hall–Kier alpha value is -2.75. The standard InChI is InChI=1S/C23H30N2O7S/c1-5-24(17-9-11-33(30,31)13-17)20(26)15(4)32-23(29)16-6-7-18-19(12-16)22(28)25(21(18)27)10-8-14(2)3/h6-7,12,14-15,17H,5,8-11,13H2,1-4H3/t15-,17+/m0/s1. The number of carbonyl (C=O) groups excluding carboxylic acids is 4. The van der Waals surface area contributed by atoms with Gasteiger partial charge in [0.15, 0.2) is 15.9 Å². The van der Waals surface area contributed by atoms with Crippen LogP contribution in [0.25, 0.3) is 0 Å². The molecule has 0 unspecified atom stereocenters. The van der Waals surface area contributed by atoms with E-state index in [2.05, 4.69) is 0 Å². The van der Waals surface area contributed by atoms with Crippen molar-refractivity contribution in [1.29, 1.82) is 0 Å². The molecule has 2 atom stereocenters. The number of likely N-dealkylation sites (N-methyl/N-ethyl adjacent to an activating group) is 1. The Kier molecular flexibility index (Phi) is 7.26. The minimum atomic E-state index is -3.17. The van der Waals surface area contributed by atoms with E-state index in [1.165, 1.54) is 34.9 Å². The quantitative estimate of drug-likeness (QED) is 0.414. The molecule has 0 radical (unpaired) electrons. The van der Waals surface area contributed by atoms with Gasteiger partial charge in [-0.3, -0.25) is 19.3 Å². The molecule has 10 heteroatoms. The Morgan fingerprint density at radius 3 is 2.39 bits per heavy atom. The lowest BCUT2D eigenvalue weighted by Crippen LogP contribution is -2.46. The molecule has 1 aromatic carbocycles. The van der Waals surface area contributed by atoms with Crippen LogP contribution in [-0.2, 0) is 19.4 Å². The second kappa shape index (κ2) is 9.62. The average molecular weight is 479 g/mol. The smallest absolute Gasteiger partial charge is 0.338 e. The number of imide groups is 1. The Morgan fingerprint density at radius 2 is 1.82 bits per heavy atom. The molecule has 0 aliphatic carbocycles. The zero-order valence-electron chi connectivity index (χ0n) is 19.4. The molecular formula is C23H30N2O7S. The highest BCUT2D eigenvalue weighted by Crippen LogP contribution is 2.25. The van der Waals surface area contributed by atoms with Crippen molar-refractivity contribution >= 4 is 33.5 Å². The van der Waals surface area contributed by atoms with Crippen molar-refractivity contribution in [3.63, 3.8) is 0 Å². The van der Waals surface area contributed by atoms with Gasteiger partial charge in [0.05, 0.1) is 28.2 Å². The minimum Gasteiger partial charge on any atom is -0.449 e. The Bertz CT molecular complexity index is 1080. The van der Waals surface area contributed by atoms with Crippen LogP contribution in [0.3, 0.4) is 0 Å². The van der Waals surface area contributed by atoms with Gasteiger partial charge in [-0.15, -0.1) is 0 Å².